The fourth-order valence-electron chi connectivity index (χ4n) is 2.00. The normalized spacial score (nSPS) is 18.9. The molecule has 1 unspecified atom stereocenters. The first-order chi connectivity index (χ1) is 9.05. The Morgan fingerprint density at radius 3 is 2.74 bits per heavy atom. The van der Waals surface area contributed by atoms with Crippen molar-refractivity contribution in [3.05, 3.63) is 0 Å². The molecule has 0 bridgehead atoms. The average molecular weight is 272 g/mol. The number of likely N-dealkylation sites (tertiary alicyclic amines) is 1. The molecule has 19 heavy (non-hydrogen) atoms. The van der Waals surface area contributed by atoms with Crippen LogP contribution in [0.2, 0.25) is 0 Å². The lowest BCUT2D eigenvalue weighted by molar-refractivity contribution is -0.145. The summed E-state index contributed by atoms with van der Waals surface area (Å²) in [4.78, 5) is 35.7. The Hall–Kier alpha value is -1.63. The lowest BCUT2D eigenvalue weighted by atomic mass is 10.2. The van der Waals surface area contributed by atoms with Crippen LogP contribution in [0.1, 0.15) is 19.8 Å². The molecule has 0 aromatic rings. The molecule has 0 spiro atoms. The van der Waals surface area contributed by atoms with Gasteiger partial charge in [0.15, 0.2) is 5.78 Å². The van der Waals surface area contributed by atoms with E-state index in [2.05, 4.69) is 10.1 Å². The maximum Gasteiger partial charge on any atom is 0.407 e. The molecule has 0 saturated carbocycles. The van der Waals surface area contributed by atoms with Gasteiger partial charge in [0.05, 0.1) is 20.3 Å². The number of nitrogens with one attached hydrogen (secondary N) is 1. The molecule has 1 aliphatic rings. The predicted octanol–water partition coefficient (Wildman–Crippen LogP) is -0.0610. The minimum absolute atomic E-state index is 0.0113. The topological polar surface area (TPSA) is 84.9 Å². The van der Waals surface area contributed by atoms with Gasteiger partial charge < -0.3 is 14.8 Å². The van der Waals surface area contributed by atoms with Gasteiger partial charge in [0.25, 0.3) is 0 Å². The molecule has 1 rings (SSSR count). The number of esters is 1. The number of ketones is 1. The number of Topliss-reactive ketones (excluding diaryl/α,β-unsaturated/α-hetero) is 1. The highest BCUT2D eigenvalue weighted by molar-refractivity contribution is 5.96. The average Bonchev–Trinajstić information content (AvgIpc) is 2.76. The third-order valence-corrected chi connectivity index (χ3v) is 2.83. The van der Waals surface area contributed by atoms with Crippen molar-refractivity contribution in [1.82, 2.24) is 10.2 Å². The van der Waals surface area contributed by atoms with Crippen LogP contribution < -0.4 is 5.32 Å². The molecule has 0 aromatic carbocycles. The Morgan fingerprint density at radius 2 is 2.11 bits per heavy atom. The first-order valence-electron chi connectivity index (χ1n) is 6.29. The molecule has 1 aliphatic heterocycles. The summed E-state index contributed by atoms with van der Waals surface area (Å²) in [6.45, 7) is 3.48. The zero-order valence-electron chi connectivity index (χ0n) is 11.3. The number of methoxy groups -OCH3 is 1. The molecule has 7 nitrogen and oxygen atoms in total. The summed E-state index contributed by atoms with van der Waals surface area (Å²) in [5, 5.41) is 2.69. The molecule has 0 aromatic heterocycles. The fourth-order valence-corrected chi connectivity index (χ4v) is 2.00. The second-order valence-corrected chi connectivity index (χ2v) is 4.38. The second kappa shape index (κ2) is 7.73. The molecule has 0 radical (unpaired) electrons. The van der Waals surface area contributed by atoms with Crippen LogP contribution >= 0.6 is 0 Å². The van der Waals surface area contributed by atoms with Gasteiger partial charge in [0.2, 0.25) is 0 Å². The summed E-state index contributed by atoms with van der Waals surface area (Å²) in [6, 6.07) is -0.0113. The number of carbonyl (C=O) groups excluding carboxylic acids is 3. The highest BCUT2D eigenvalue weighted by Crippen LogP contribution is 2.09. The van der Waals surface area contributed by atoms with Gasteiger partial charge in [0, 0.05) is 19.1 Å². The van der Waals surface area contributed by atoms with E-state index in [9.17, 15) is 14.4 Å². The second-order valence-electron chi connectivity index (χ2n) is 4.38. The van der Waals surface area contributed by atoms with Crippen molar-refractivity contribution in [2.45, 2.75) is 25.8 Å². The van der Waals surface area contributed by atoms with E-state index in [4.69, 9.17) is 4.74 Å². The number of hydrogen-bond donors (Lipinski definition) is 1. The van der Waals surface area contributed by atoms with Gasteiger partial charge in [-0.2, -0.15) is 0 Å². The molecule has 1 N–H and O–H groups in total. The van der Waals surface area contributed by atoms with Crippen LogP contribution in [0.25, 0.3) is 0 Å². The zero-order chi connectivity index (χ0) is 14.3. The number of rotatable bonds is 6. The smallest absolute Gasteiger partial charge is 0.407 e. The van der Waals surface area contributed by atoms with E-state index in [1.54, 1.807) is 6.92 Å². The number of ether oxygens (including phenoxy) is 2. The van der Waals surface area contributed by atoms with E-state index in [1.807, 2.05) is 4.90 Å². The summed E-state index contributed by atoms with van der Waals surface area (Å²) in [6.07, 6.45) is 0.103. The molecule has 1 saturated heterocycles. The Labute approximate surface area is 112 Å². The molecule has 7 heteroatoms. The van der Waals surface area contributed by atoms with E-state index in [1.165, 1.54) is 7.11 Å². The maximum absolute atomic E-state index is 11.6. The quantitative estimate of drug-likeness (QED) is 0.538. The molecule has 1 amide bonds. The van der Waals surface area contributed by atoms with Gasteiger partial charge in [-0.05, 0) is 13.3 Å². The summed E-state index contributed by atoms with van der Waals surface area (Å²) in [7, 11) is 1.31. The van der Waals surface area contributed by atoms with E-state index in [0.29, 0.717) is 13.1 Å². The summed E-state index contributed by atoms with van der Waals surface area (Å²) >= 11 is 0. The van der Waals surface area contributed by atoms with Crippen molar-refractivity contribution in [1.29, 1.82) is 0 Å². The van der Waals surface area contributed by atoms with E-state index >= 15 is 0 Å². The van der Waals surface area contributed by atoms with Crippen LogP contribution in [0, 0.1) is 0 Å². The van der Waals surface area contributed by atoms with Crippen molar-refractivity contribution in [2.24, 2.45) is 0 Å². The van der Waals surface area contributed by atoms with Crippen molar-refractivity contribution in [2.75, 3.05) is 33.4 Å². The summed E-state index contributed by atoms with van der Waals surface area (Å²) < 4.78 is 9.22. The molecule has 1 atom stereocenters. The Kier molecular flexibility index (Phi) is 6.27. The van der Waals surface area contributed by atoms with Gasteiger partial charge in [-0.3, -0.25) is 14.5 Å². The van der Waals surface area contributed by atoms with Crippen molar-refractivity contribution in [3.8, 4) is 0 Å². The number of amides is 1. The van der Waals surface area contributed by atoms with Crippen LogP contribution in [0.4, 0.5) is 4.79 Å². The minimum atomic E-state index is -0.490. The molecule has 108 valence electrons. The standard InChI is InChI=1S/C12H20N2O5/c1-3-19-11(16)6-10(15)8-14-5-4-9(7-14)13-12(17)18-2/h9H,3-8H2,1-2H3,(H,13,17). The number of alkyl carbamates (subject to hydrolysis) is 1. The van der Waals surface area contributed by atoms with Crippen molar-refractivity contribution in [3.63, 3.8) is 0 Å². The highest BCUT2D eigenvalue weighted by atomic mass is 16.5. The number of carbonyl (C=O) groups is 3. The monoisotopic (exact) mass is 272 g/mol. The van der Waals surface area contributed by atoms with Crippen LogP contribution in [-0.4, -0.2) is 62.1 Å². The fraction of sp³-hybridized carbons (Fsp3) is 0.750. The minimum Gasteiger partial charge on any atom is -0.466 e. The van der Waals surface area contributed by atoms with Gasteiger partial charge in [0.1, 0.15) is 6.42 Å². The van der Waals surface area contributed by atoms with E-state index in [0.717, 1.165) is 6.42 Å². The molecule has 0 aliphatic carbocycles. The third kappa shape index (κ3) is 5.69. The lowest BCUT2D eigenvalue weighted by Gasteiger charge is -2.15. The van der Waals surface area contributed by atoms with E-state index in [-0.39, 0.29) is 31.4 Å². The van der Waals surface area contributed by atoms with Gasteiger partial charge in [-0.15, -0.1) is 0 Å². The maximum atomic E-state index is 11.6. The third-order valence-electron chi connectivity index (χ3n) is 2.83. The van der Waals surface area contributed by atoms with Gasteiger partial charge >= 0.3 is 12.1 Å². The molecule has 1 fully saturated rings. The van der Waals surface area contributed by atoms with Crippen LogP contribution in [0.3, 0.4) is 0 Å². The molecule has 1 heterocycles. The van der Waals surface area contributed by atoms with Crippen LogP contribution in [0.5, 0.6) is 0 Å². The zero-order valence-corrected chi connectivity index (χ0v) is 11.3. The molecular formula is C12H20N2O5. The first-order valence-corrected chi connectivity index (χ1v) is 6.29. The van der Waals surface area contributed by atoms with Crippen molar-refractivity contribution < 1.29 is 23.9 Å². The van der Waals surface area contributed by atoms with Gasteiger partial charge in [-0.25, -0.2) is 4.79 Å². The SMILES string of the molecule is CCOC(=O)CC(=O)CN1CCC(NC(=O)OC)C1. The summed E-state index contributed by atoms with van der Waals surface area (Å²) in [5.74, 6) is -0.659. The Morgan fingerprint density at radius 1 is 1.37 bits per heavy atom. The number of nitrogens with zero attached hydrogens (tertiary/aromatic N) is 1. The van der Waals surface area contributed by atoms with Crippen LogP contribution in [-0.2, 0) is 19.1 Å². The first kappa shape index (κ1) is 15.4. The Bertz CT molecular complexity index is 345. The van der Waals surface area contributed by atoms with Crippen LogP contribution in [0.15, 0.2) is 0 Å². The summed E-state index contributed by atoms with van der Waals surface area (Å²) in [5.41, 5.74) is 0. The Balaban J connectivity index is 2.26. The largest absolute Gasteiger partial charge is 0.466 e. The lowest BCUT2D eigenvalue weighted by Crippen LogP contribution is -2.38. The van der Waals surface area contributed by atoms with E-state index < -0.39 is 12.1 Å². The van der Waals surface area contributed by atoms with Crippen molar-refractivity contribution >= 4 is 17.8 Å². The van der Waals surface area contributed by atoms with Gasteiger partial charge in [-0.1, -0.05) is 0 Å². The highest BCUT2D eigenvalue weighted by Gasteiger charge is 2.26. The predicted molar refractivity (Wildman–Crippen MR) is 66.6 cm³/mol. The number of hydrogen-bond acceptors (Lipinski definition) is 6. The molecular weight excluding hydrogens is 252 g/mol.